The highest BCUT2D eigenvalue weighted by molar-refractivity contribution is 9.10. The summed E-state index contributed by atoms with van der Waals surface area (Å²) in [7, 11) is 0. The third kappa shape index (κ3) is 3.19. The third-order valence-electron chi connectivity index (χ3n) is 2.61. The van der Waals surface area contributed by atoms with Crippen molar-refractivity contribution in [2.24, 2.45) is 0 Å². The number of aryl methyl sites for hydroxylation is 1. The first-order valence-electron chi connectivity index (χ1n) is 5.44. The van der Waals surface area contributed by atoms with Gasteiger partial charge in [-0.05, 0) is 36.1 Å². The molecule has 0 saturated carbocycles. The van der Waals surface area contributed by atoms with E-state index in [1.807, 2.05) is 18.4 Å². The van der Waals surface area contributed by atoms with Crippen LogP contribution < -0.4 is 5.32 Å². The molecule has 6 heteroatoms. The second kappa shape index (κ2) is 5.79. The van der Waals surface area contributed by atoms with Crippen molar-refractivity contribution < 1.29 is 13.6 Å². The van der Waals surface area contributed by atoms with Gasteiger partial charge >= 0.3 is 0 Å². The molecule has 0 spiro atoms. The Morgan fingerprint density at radius 1 is 1.37 bits per heavy atom. The van der Waals surface area contributed by atoms with Crippen LogP contribution in [-0.2, 0) is 6.54 Å². The molecule has 19 heavy (non-hydrogen) atoms. The minimum absolute atomic E-state index is 0.258. The Bertz CT molecular complexity index is 604. The van der Waals surface area contributed by atoms with Crippen LogP contribution >= 0.6 is 27.3 Å². The van der Waals surface area contributed by atoms with E-state index in [0.717, 1.165) is 22.6 Å². The molecule has 0 unspecified atom stereocenters. The van der Waals surface area contributed by atoms with Gasteiger partial charge in [-0.15, -0.1) is 11.3 Å². The lowest BCUT2D eigenvalue weighted by Gasteiger charge is -2.07. The van der Waals surface area contributed by atoms with Gasteiger partial charge < -0.3 is 5.32 Å². The van der Waals surface area contributed by atoms with E-state index >= 15 is 0 Å². The summed E-state index contributed by atoms with van der Waals surface area (Å²) in [6.45, 7) is 2.18. The van der Waals surface area contributed by atoms with E-state index in [0.29, 0.717) is 0 Å². The fraction of sp³-hybridized carbons (Fsp3) is 0.154. The van der Waals surface area contributed by atoms with E-state index in [-0.39, 0.29) is 11.0 Å². The zero-order valence-electron chi connectivity index (χ0n) is 9.97. The summed E-state index contributed by atoms with van der Waals surface area (Å²) in [5.74, 6) is -2.52. The maximum atomic E-state index is 13.6. The van der Waals surface area contributed by atoms with Gasteiger partial charge in [0.1, 0.15) is 17.2 Å². The number of thiophene rings is 1. The van der Waals surface area contributed by atoms with Crippen LogP contribution in [0.15, 0.2) is 28.1 Å². The average Bonchev–Trinajstić information content (AvgIpc) is 2.70. The fourth-order valence-corrected chi connectivity index (χ4v) is 2.84. The molecule has 1 amide bonds. The summed E-state index contributed by atoms with van der Waals surface area (Å²) in [5, 5.41) is 4.42. The lowest BCUT2D eigenvalue weighted by molar-refractivity contribution is 0.0943. The second-order valence-corrected chi connectivity index (χ2v) is 5.87. The zero-order chi connectivity index (χ0) is 14.0. The highest BCUT2D eigenvalue weighted by Crippen LogP contribution is 2.20. The van der Waals surface area contributed by atoms with Crippen LogP contribution in [-0.4, -0.2) is 5.91 Å². The van der Waals surface area contributed by atoms with Gasteiger partial charge in [0.25, 0.3) is 5.91 Å². The summed E-state index contributed by atoms with van der Waals surface area (Å²) < 4.78 is 27.4. The number of rotatable bonds is 3. The standard InChI is InChI=1S/C13H10BrF2NOS/c1-7-2-3-19-11(7)6-17-13(18)12-9(15)4-8(14)5-10(12)16/h2-5H,6H2,1H3,(H,17,18). The predicted octanol–water partition coefficient (Wildman–Crippen LogP) is 4.03. The van der Waals surface area contributed by atoms with Crippen LogP contribution in [0.5, 0.6) is 0 Å². The largest absolute Gasteiger partial charge is 0.347 e. The molecule has 2 rings (SSSR count). The molecule has 0 aliphatic carbocycles. The highest BCUT2D eigenvalue weighted by Gasteiger charge is 2.18. The molecular weight excluding hydrogens is 336 g/mol. The minimum atomic E-state index is -0.882. The van der Waals surface area contributed by atoms with Crippen LogP contribution in [0, 0.1) is 18.6 Å². The minimum Gasteiger partial charge on any atom is -0.347 e. The average molecular weight is 346 g/mol. The van der Waals surface area contributed by atoms with Gasteiger partial charge in [0, 0.05) is 9.35 Å². The van der Waals surface area contributed by atoms with Gasteiger partial charge in [-0.2, -0.15) is 0 Å². The highest BCUT2D eigenvalue weighted by atomic mass is 79.9. The Balaban J connectivity index is 2.15. The molecule has 1 N–H and O–H groups in total. The van der Waals surface area contributed by atoms with Crippen LogP contribution in [0.1, 0.15) is 20.8 Å². The van der Waals surface area contributed by atoms with E-state index in [4.69, 9.17) is 0 Å². The van der Waals surface area contributed by atoms with Crippen molar-refractivity contribution in [1.82, 2.24) is 5.32 Å². The first-order chi connectivity index (χ1) is 8.99. The quantitative estimate of drug-likeness (QED) is 0.893. The lowest BCUT2D eigenvalue weighted by atomic mass is 10.2. The van der Waals surface area contributed by atoms with Gasteiger partial charge in [0.05, 0.1) is 6.54 Å². The number of hydrogen-bond donors (Lipinski definition) is 1. The summed E-state index contributed by atoms with van der Waals surface area (Å²) in [5.41, 5.74) is 0.486. The van der Waals surface area contributed by atoms with Gasteiger partial charge in [0.15, 0.2) is 0 Å². The number of nitrogens with one attached hydrogen (secondary N) is 1. The maximum absolute atomic E-state index is 13.6. The number of benzene rings is 1. The van der Waals surface area contributed by atoms with Crippen molar-refractivity contribution in [3.63, 3.8) is 0 Å². The Morgan fingerprint density at radius 2 is 2.00 bits per heavy atom. The third-order valence-corrected chi connectivity index (χ3v) is 4.09. The first kappa shape index (κ1) is 14.1. The molecule has 0 atom stereocenters. The monoisotopic (exact) mass is 345 g/mol. The van der Waals surface area contributed by atoms with E-state index < -0.39 is 23.1 Å². The van der Waals surface area contributed by atoms with E-state index in [1.165, 1.54) is 11.3 Å². The van der Waals surface area contributed by atoms with Crippen molar-refractivity contribution in [2.75, 3.05) is 0 Å². The topological polar surface area (TPSA) is 29.1 Å². The number of hydrogen-bond acceptors (Lipinski definition) is 2. The van der Waals surface area contributed by atoms with Crippen LogP contribution in [0.3, 0.4) is 0 Å². The number of amides is 1. The first-order valence-corrected chi connectivity index (χ1v) is 7.12. The van der Waals surface area contributed by atoms with E-state index in [2.05, 4.69) is 21.2 Å². The molecule has 1 aromatic heterocycles. The SMILES string of the molecule is Cc1ccsc1CNC(=O)c1c(F)cc(Br)cc1F. The van der Waals surface area contributed by atoms with E-state index in [1.54, 1.807) is 0 Å². The Kier molecular flexibility index (Phi) is 4.31. The Hall–Kier alpha value is -1.27. The van der Waals surface area contributed by atoms with Crippen molar-refractivity contribution in [1.29, 1.82) is 0 Å². The molecule has 0 saturated heterocycles. The molecule has 2 nitrogen and oxygen atoms in total. The normalized spacial score (nSPS) is 10.5. The summed E-state index contributed by atoms with van der Waals surface area (Å²) in [6.07, 6.45) is 0. The maximum Gasteiger partial charge on any atom is 0.257 e. The number of halogens is 3. The molecule has 0 aliphatic heterocycles. The second-order valence-electron chi connectivity index (χ2n) is 3.95. The fourth-order valence-electron chi connectivity index (χ4n) is 1.59. The molecule has 0 aliphatic rings. The van der Waals surface area contributed by atoms with Crippen molar-refractivity contribution in [3.05, 3.63) is 55.7 Å². The zero-order valence-corrected chi connectivity index (χ0v) is 12.4. The predicted molar refractivity (Wildman–Crippen MR) is 74.3 cm³/mol. The van der Waals surface area contributed by atoms with Crippen molar-refractivity contribution in [2.45, 2.75) is 13.5 Å². The van der Waals surface area contributed by atoms with Gasteiger partial charge in [-0.3, -0.25) is 4.79 Å². The van der Waals surface area contributed by atoms with Crippen molar-refractivity contribution >= 4 is 33.2 Å². The van der Waals surface area contributed by atoms with E-state index in [9.17, 15) is 13.6 Å². The van der Waals surface area contributed by atoms with Gasteiger partial charge in [-0.1, -0.05) is 15.9 Å². The van der Waals surface area contributed by atoms with Crippen LogP contribution in [0.4, 0.5) is 8.78 Å². The number of carbonyl (C=O) groups is 1. The molecule has 0 radical (unpaired) electrons. The summed E-state index contributed by atoms with van der Waals surface area (Å²) in [6, 6.07) is 4.05. The van der Waals surface area contributed by atoms with Gasteiger partial charge in [-0.25, -0.2) is 8.78 Å². The molecule has 1 aromatic carbocycles. The summed E-state index contributed by atoms with van der Waals surface area (Å²) in [4.78, 5) is 12.8. The van der Waals surface area contributed by atoms with Crippen molar-refractivity contribution in [3.8, 4) is 0 Å². The molecule has 0 bridgehead atoms. The molecular formula is C13H10BrF2NOS. The summed E-state index contributed by atoms with van der Waals surface area (Å²) >= 11 is 4.45. The van der Waals surface area contributed by atoms with Gasteiger partial charge in [0.2, 0.25) is 0 Å². The molecule has 2 aromatic rings. The molecule has 0 fully saturated rings. The molecule has 100 valence electrons. The lowest BCUT2D eigenvalue weighted by Crippen LogP contribution is -2.25. The Labute approximate surface area is 121 Å². The Morgan fingerprint density at radius 3 is 2.53 bits per heavy atom. The van der Waals surface area contributed by atoms with Crippen LogP contribution in [0.2, 0.25) is 0 Å². The molecule has 1 heterocycles. The smallest absolute Gasteiger partial charge is 0.257 e. The van der Waals surface area contributed by atoms with Crippen LogP contribution in [0.25, 0.3) is 0 Å². The number of carbonyl (C=O) groups excluding carboxylic acids is 1.